The molecular weight excluding hydrogens is 536 g/mol. The molecule has 0 saturated heterocycles. The van der Waals surface area contributed by atoms with Crippen LogP contribution in [0.25, 0.3) is 11.3 Å². The summed E-state index contributed by atoms with van der Waals surface area (Å²) in [7, 11) is 1.51. The van der Waals surface area contributed by atoms with Gasteiger partial charge in [-0.1, -0.05) is 54.6 Å². The second-order valence-electron chi connectivity index (χ2n) is 9.14. The fourth-order valence-corrected chi connectivity index (χ4v) is 5.41. The summed E-state index contributed by atoms with van der Waals surface area (Å²) in [5, 5.41) is 10.1. The number of allylic oxidation sites excluding steroid dienone is 1. The molecule has 1 aliphatic heterocycles. The number of nitrogens with zero attached hydrogens (tertiary/aromatic N) is 2. The van der Waals surface area contributed by atoms with Gasteiger partial charge in [-0.25, -0.2) is 4.90 Å². The number of methoxy groups -OCH3 is 1. The lowest BCUT2D eigenvalue weighted by molar-refractivity contribution is -0.121. The number of hydrogen-bond acceptors (Lipinski definition) is 7. The smallest absolute Gasteiger partial charge is 0.267 e. The van der Waals surface area contributed by atoms with E-state index in [4.69, 9.17) is 8.92 Å². The highest BCUT2D eigenvalue weighted by Gasteiger charge is 2.47. The van der Waals surface area contributed by atoms with Crippen LogP contribution in [0.1, 0.15) is 31.8 Å². The number of hydrogen-bond donors (Lipinski definition) is 0. The average molecular weight is 557 g/mol. The van der Waals surface area contributed by atoms with E-state index >= 15 is 0 Å². The number of imide groups is 1. The molecule has 7 nitrogen and oxygen atoms in total. The number of para-hydroxylation sites is 1. The molecule has 198 valence electrons. The predicted molar refractivity (Wildman–Crippen MR) is 154 cm³/mol. The van der Waals surface area contributed by atoms with E-state index in [1.165, 1.54) is 7.11 Å². The van der Waals surface area contributed by atoms with E-state index in [9.17, 15) is 19.6 Å². The molecule has 1 heterocycles. The number of amides is 2. The fraction of sp³-hybridized carbons (Fsp3) is 0.0303. The molecule has 4 aromatic carbocycles. The van der Waals surface area contributed by atoms with Crippen LogP contribution in [0.15, 0.2) is 119 Å². The van der Waals surface area contributed by atoms with Crippen molar-refractivity contribution in [1.29, 1.82) is 5.26 Å². The fourth-order valence-electron chi connectivity index (χ4n) is 4.86. The Labute approximate surface area is 240 Å². The van der Waals surface area contributed by atoms with Crippen molar-refractivity contribution in [3.8, 4) is 17.6 Å². The predicted octanol–water partition coefficient (Wildman–Crippen LogP) is 6.35. The second kappa shape index (κ2) is 10.6. The first-order valence-corrected chi connectivity index (χ1v) is 13.3. The molecule has 0 aromatic heterocycles. The van der Waals surface area contributed by atoms with E-state index in [0.717, 1.165) is 21.8 Å². The van der Waals surface area contributed by atoms with E-state index in [2.05, 4.69) is 6.07 Å². The van der Waals surface area contributed by atoms with Crippen LogP contribution in [0.4, 0.5) is 0 Å². The third-order valence-corrected chi connectivity index (χ3v) is 7.54. The lowest BCUT2D eigenvalue weighted by Crippen LogP contribution is -2.32. The van der Waals surface area contributed by atoms with Crippen molar-refractivity contribution in [2.45, 2.75) is 4.90 Å². The summed E-state index contributed by atoms with van der Waals surface area (Å²) >= 11 is 1.16. The lowest BCUT2D eigenvalue weighted by atomic mass is 9.81. The molecule has 0 bridgehead atoms. The van der Waals surface area contributed by atoms with Crippen LogP contribution in [-0.2, 0) is 4.79 Å². The zero-order valence-corrected chi connectivity index (χ0v) is 22.5. The van der Waals surface area contributed by atoms with Crippen LogP contribution in [0.2, 0.25) is 0 Å². The highest BCUT2D eigenvalue weighted by molar-refractivity contribution is 7.95. The molecule has 0 fully saturated rings. The Morgan fingerprint density at radius 2 is 1.44 bits per heavy atom. The van der Waals surface area contributed by atoms with Gasteiger partial charge in [-0.05, 0) is 54.1 Å². The van der Waals surface area contributed by atoms with E-state index < -0.39 is 17.6 Å². The number of fused-ring (bicyclic) bond motifs is 2. The van der Waals surface area contributed by atoms with Crippen molar-refractivity contribution in [2.75, 3.05) is 7.11 Å². The van der Waals surface area contributed by atoms with Crippen LogP contribution in [0.5, 0.6) is 11.5 Å². The van der Waals surface area contributed by atoms with Gasteiger partial charge < -0.3 is 8.92 Å². The maximum atomic E-state index is 14.0. The Morgan fingerprint density at radius 3 is 2.10 bits per heavy atom. The SMILES string of the molecule is COc1ccc(C(=O)N2C(=O)C3=C(C#N)c4ccccc4C(=O)C3=C2c2ccc(SOc3ccccc3)cc2)cc1. The number of ketones is 1. The van der Waals surface area contributed by atoms with Gasteiger partial charge in [0.15, 0.2) is 5.78 Å². The number of ether oxygens (including phenoxy) is 1. The molecule has 0 unspecified atom stereocenters. The van der Waals surface area contributed by atoms with Gasteiger partial charge in [-0.2, -0.15) is 5.26 Å². The molecule has 0 N–H and O–H groups in total. The quantitative estimate of drug-likeness (QED) is 0.202. The maximum Gasteiger partial charge on any atom is 0.267 e. The van der Waals surface area contributed by atoms with Gasteiger partial charge in [-0.15, -0.1) is 0 Å². The standard InChI is InChI=1S/C33H20N2O5S/c1-39-22-15-11-21(12-16-22)32(37)35-30(20-13-17-24(18-14-20)41-40-23-7-3-2-4-8-23)29-28(33(35)38)27(19-34)25-9-5-6-10-26(25)31(29)36/h2-18H,1H3. The molecule has 4 aromatic rings. The normalized spacial score (nSPS) is 14.0. The number of Topliss-reactive ketones (excluding diaryl/α,β-unsaturated/α-hetero) is 1. The highest BCUT2D eigenvalue weighted by Crippen LogP contribution is 2.45. The Kier molecular flexibility index (Phi) is 6.71. The summed E-state index contributed by atoms with van der Waals surface area (Å²) in [5.74, 6) is -0.529. The Morgan fingerprint density at radius 1 is 0.780 bits per heavy atom. The zero-order chi connectivity index (χ0) is 28.5. The Hall–Kier alpha value is -5.39. The third-order valence-electron chi connectivity index (χ3n) is 6.80. The van der Waals surface area contributed by atoms with E-state index in [1.807, 2.05) is 30.3 Å². The van der Waals surface area contributed by atoms with Gasteiger partial charge >= 0.3 is 0 Å². The maximum absolute atomic E-state index is 14.0. The first-order valence-electron chi connectivity index (χ1n) is 12.6. The topological polar surface area (TPSA) is 96.7 Å². The molecule has 41 heavy (non-hydrogen) atoms. The first kappa shape index (κ1) is 25.9. The van der Waals surface area contributed by atoms with Crippen LogP contribution < -0.4 is 8.92 Å². The number of nitriles is 1. The molecule has 1 aliphatic carbocycles. The van der Waals surface area contributed by atoms with E-state index in [-0.39, 0.29) is 28.0 Å². The Balaban J connectivity index is 1.47. The Bertz CT molecular complexity index is 1820. The van der Waals surface area contributed by atoms with Gasteiger partial charge in [0.05, 0.1) is 41.6 Å². The molecule has 0 spiro atoms. The molecular formula is C33H20N2O5S. The van der Waals surface area contributed by atoms with Crippen LogP contribution in [0.3, 0.4) is 0 Å². The second-order valence-corrected chi connectivity index (χ2v) is 9.94. The lowest BCUT2D eigenvalue weighted by Gasteiger charge is -2.19. The summed E-state index contributed by atoms with van der Waals surface area (Å²) in [6.45, 7) is 0. The summed E-state index contributed by atoms with van der Waals surface area (Å²) in [6.07, 6.45) is 0. The molecule has 0 radical (unpaired) electrons. The minimum absolute atomic E-state index is 0.0352. The summed E-state index contributed by atoms with van der Waals surface area (Å²) in [5.41, 5.74) is 1.53. The van der Waals surface area contributed by atoms with Crippen molar-refractivity contribution in [1.82, 2.24) is 4.90 Å². The molecule has 2 amide bonds. The van der Waals surface area contributed by atoms with Crippen molar-refractivity contribution in [3.63, 3.8) is 0 Å². The molecule has 0 atom stereocenters. The van der Waals surface area contributed by atoms with Crippen LogP contribution >= 0.6 is 12.0 Å². The van der Waals surface area contributed by atoms with Crippen molar-refractivity contribution in [2.24, 2.45) is 0 Å². The zero-order valence-electron chi connectivity index (χ0n) is 21.7. The summed E-state index contributed by atoms with van der Waals surface area (Å²) in [4.78, 5) is 43.5. The van der Waals surface area contributed by atoms with Gasteiger partial charge in [-0.3, -0.25) is 14.4 Å². The van der Waals surface area contributed by atoms with Crippen molar-refractivity contribution >= 4 is 40.9 Å². The van der Waals surface area contributed by atoms with Gasteiger partial charge in [0, 0.05) is 21.6 Å². The number of rotatable bonds is 6. The molecule has 6 rings (SSSR count). The molecule has 8 heteroatoms. The van der Waals surface area contributed by atoms with Crippen molar-refractivity contribution < 1.29 is 23.3 Å². The summed E-state index contributed by atoms with van der Waals surface area (Å²) in [6, 6.07) is 31.4. The minimum Gasteiger partial charge on any atom is -0.497 e. The highest BCUT2D eigenvalue weighted by atomic mass is 32.2. The molecule has 0 saturated carbocycles. The monoisotopic (exact) mass is 556 g/mol. The molecule has 2 aliphatic rings. The van der Waals surface area contributed by atoms with E-state index in [1.54, 1.807) is 72.8 Å². The largest absolute Gasteiger partial charge is 0.497 e. The third kappa shape index (κ3) is 4.48. The van der Waals surface area contributed by atoms with E-state index in [0.29, 0.717) is 28.2 Å². The van der Waals surface area contributed by atoms with Gasteiger partial charge in [0.2, 0.25) is 0 Å². The summed E-state index contributed by atoms with van der Waals surface area (Å²) < 4.78 is 11.0. The average Bonchev–Trinajstić information content (AvgIpc) is 3.33. The first-order chi connectivity index (χ1) is 20.0. The number of benzene rings is 4. The minimum atomic E-state index is -0.721. The van der Waals surface area contributed by atoms with Crippen LogP contribution in [0, 0.1) is 11.3 Å². The number of carbonyl (C=O) groups excluding carboxylic acids is 3. The van der Waals surface area contributed by atoms with Gasteiger partial charge in [0.1, 0.15) is 17.6 Å². The van der Waals surface area contributed by atoms with Gasteiger partial charge in [0.25, 0.3) is 11.8 Å². The number of carbonyl (C=O) groups is 3. The van der Waals surface area contributed by atoms with Crippen molar-refractivity contribution in [3.05, 3.63) is 137 Å². The van der Waals surface area contributed by atoms with Crippen LogP contribution in [-0.4, -0.2) is 29.6 Å².